The number of anilines is 1. The van der Waals surface area contributed by atoms with Gasteiger partial charge in [0, 0.05) is 12.3 Å². The monoisotopic (exact) mass is 340 g/mol. The first kappa shape index (κ1) is 14.8. The first-order valence-electron chi connectivity index (χ1n) is 8.54. The van der Waals surface area contributed by atoms with Crippen LogP contribution in [0.3, 0.4) is 0 Å². The molecule has 0 fully saturated rings. The average Bonchev–Trinajstić information content (AvgIpc) is 3.07. The SMILES string of the molecule is CC(=O)N1N=C(c2ccccc2)Cn2c1nc1c3ccccc3ccc12. The second kappa shape index (κ2) is 5.52. The van der Waals surface area contributed by atoms with E-state index in [-0.39, 0.29) is 5.91 Å². The molecule has 2 heterocycles. The molecule has 0 saturated carbocycles. The zero-order valence-corrected chi connectivity index (χ0v) is 14.3. The zero-order valence-electron chi connectivity index (χ0n) is 14.3. The molecule has 0 spiro atoms. The molecule has 1 aliphatic rings. The summed E-state index contributed by atoms with van der Waals surface area (Å²) in [5.41, 5.74) is 3.76. The van der Waals surface area contributed by atoms with Gasteiger partial charge >= 0.3 is 0 Å². The Bertz CT molecular complexity index is 1190. The molecule has 3 aromatic carbocycles. The van der Waals surface area contributed by atoms with Gasteiger partial charge in [-0.25, -0.2) is 4.98 Å². The van der Waals surface area contributed by atoms with Gasteiger partial charge in [-0.3, -0.25) is 4.79 Å². The van der Waals surface area contributed by atoms with Crippen molar-refractivity contribution in [2.75, 3.05) is 5.01 Å². The number of aromatic nitrogens is 2. The van der Waals surface area contributed by atoms with Crippen molar-refractivity contribution in [1.29, 1.82) is 0 Å². The molecule has 4 aromatic rings. The molecule has 0 saturated heterocycles. The second-order valence-electron chi connectivity index (χ2n) is 6.40. The average molecular weight is 340 g/mol. The fourth-order valence-electron chi connectivity index (χ4n) is 3.50. The van der Waals surface area contributed by atoms with Crippen LogP contribution in [0.15, 0.2) is 71.8 Å². The van der Waals surface area contributed by atoms with Gasteiger partial charge in [-0.2, -0.15) is 10.1 Å². The summed E-state index contributed by atoms with van der Waals surface area (Å²) in [7, 11) is 0. The van der Waals surface area contributed by atoms with Gasteiger partial charge in [0.25, 0.3) is 0 Å². The van der Waals surface area contributed by atoms with Crippen LogP contribution in [0.2, 0.25) is 0 Å². The molecule has 5 nitrogen and oxygen atoms in total. The maximum Gasteiger partial charge on any atom is 0.246 e. The lowest BCUT2D eigenvalue weighted by atomic mass is 10.1. The van der Waals surface area contributed by atoms with Gasteiger partial charge < -0.3 is 4.57 Å². The van der Waals surface area contributed by atoms with Crippen molar-refractivity contribution in [1.82, 2.24) is 9.55 Å². The van der Waals surface area contributed by atoms with Crippen molar-refractivity contribution in [3.05, 3.63) is 72.3 Å². The molecule has 1 aromatic heterocycles. The molecule has 26 heavy (non-hydrogen) atoms. The largest absolute Gasteiger partial charge is 0.302 e. The number of hydrogen-bond acceptors (Lipinski definition) is 3. The highest BCUT2D eigenvalue weighted by Crippen LogP contribution is 2.31. The highest BCUT2D eigenvalue weighted by molar-refractivity contribution is 6.09. The van der Waals surface area contributed by atoms with Crippen molar-refractivity contribution in [2.45, 2.75) is 13.5 Å². The van der Waals surface area contributed by atoms with E-state index in [9.17, 15) is 4.79 Å². The zero-order chi connectivity index (χ0) is 17.7. The van der Waals surface area contributed by atoms with E-state index in [1.807, 2.05) is 42.5 Å². The number of nitrogens with zero attached hydrogens (tertiary/aromatic N) is 4. The first-order valence-corrected chi connectivity index (χ1v) is 8.54. The summed E-state index contributed by atoms with van der Waals surface area (Å²) < 4.78 is 2.07. The summed E-state index contributed by atoms with van der Waals surface area (Å²) in [5, 5.41) is 8.20. The van der Waals surface area contributed by atoms with E-state index in [0.717, 1.165) is 33.1 Å². The number of hydrazone groups is 1. The van der Waals surface area contributed by atoms with Gasteiger partial charge in [-0.1, -0.05) is 60.7 Å². The Kier molecular flexibility index (Phi) is 3.15. The Morgan fingerprint density at radius 2 is 1.73 bits per heavy atom. The van der Waals surface area contributed by atoms with Crippen molar-refractivity contribution < 1.29 is 4.79 Å². The summed E-state index contributed by atoms with van der Waals surface area (Å²) in [6, 6.07) is 22.3. The number of carbonyl (C=O) groups is 1. The van der Waals surface area contributed by atoms with Crippen molar-refractivity contribution >= 4 is 39.4 Å². The van der Waals surface area contributed by atoms with E-state index in [4.69, 9.17) is 4.98 Å². The smallest absolute Gasteiger partial charge is 0.246 e. The van der Waals surface area contributed by atoms with Crippen molar-refractivity contribution in [2.24, 2.45) is 5.10 Å². The fraction of sp³-hybridized carbons (Fsp3) is 0.0952. The highest BCUT2D eigenvalue weighted by Gasteiger charge is 2.27. The number of amides is 1. The number of rotatable bonds is 1. The Labute approximate surface area is 150 Å². The topological polar surface area (TPSA) is 50.5 Å². The molecule has 5 heteroatoms. The normalized spacial score (nSPS) is 13.7. The van der Waals surface area contributed by atoms with Crippen LogP contribution in [0.4, 0.5) is 5.95 Å². The quantitative estimate of drug-likeness (QED) is 0.527. The Hall–Kier alpha value is -3.47. The molecular weight excluding hydrogens is 324 g/mol. The summed E-state index contributed by atoms with van der Waals surface area (Å²) in [6.07, 6.45) is 0. The van der Waals surface area contributed by atoms with Gasteiger partial charge in [-0.15, -0.1) is 0 Å². The third kappa shape index (κ3) is 2.14. The minimum Gasteiger partial charge on any atom is -0.302 e. The molecule has 126 valence electrons. The Morgan fingerprint density at radius 1 is 0.962 bits per heavy atom. The van der Waals surface area contributed by atoms with E-state index in [1.54, 1.807) is 0 Å². The van der Waals surface area contributed by atoms with Crippen LogP contribution >= 0.6 is 0 Å². The lowest BCUT2D eigenvalue weighted by molar-refractivity contribution is -0.116. The van der Waals surface area contributed by atoms with E-state index < -0.39 is 0 Å². The number of benzene rings is 3. The van der Waals surface area contributed by atoms with E-state index in [1.165, 1.54) is 11.9 Å². The van der Waals surface area contributed by atoms with E-state index >= 15 is 0 Å². The summed E-state index contributed by atoms with van der Waals surface area (Å²) >= 11 is 0. The number of fused-ring (bicyclic) bond motifs is 5. The number of carbonyl (C=O) groups excluding carboxylic acids is 1. The Balaban J connectivity index is 1.76. The number of imidazole rings is 1. The van der Waals surface area contributed by atoms with Crippen LogP contribution < -0.4 is 5.01 Å². The Morgan fingerprint density at radius 3 is 2.54 bits per heavy atom. The lowest BCUT2D eigenvalue weighted by Gasteiger charge is -2.23. The molecule has 1 amide bonds. The predicted octanol–water partition coefficient (Wildman–Crippen LogP) is 3.96. The molecule has 0 radical (unpaired) electrons. The standard InChI is InChI=1S/C21H16N4O/c1-14(26)25-21-22-20-17-10-6-5-7-15(17)11-12-19(20)24(21)13-18(23-25)16-8-3-2-4-9-16/h2-12H,13H2,1H3. The maximum atomic E-state index is 12.2. The van der Waals surface area contributed by atoms with Gasteiger partial charge in [0.1, 0.15) is 0 Å². The van der Waals surface area contributed by atoms with Gasteiger partial charge in [0.2, 0.25) is 11.9 Å². The van der Waals surface area contributed by atoms with E-state index in [0.29, 0.717) is 12.5 Å². The van der Waals surface area contributed by atoms with Crippen LogP contribution in [-0.2, 0) is 11.3 Å². The fourth-order valence-corrected chi connectivity index (χ4v) is 3.50. The van der Waals surface area contributed by atoms with Gasteiger partial charge in [-0.05, 0) is 17.0 Å². The number of hydrogen-bond donors (Lipinski definition) is 0. The minimum absolute atomic E-state index is 0.154. The van der Waals surface area contributed by atoms with Crippen LogP contribution in [0.5, 0.6) is 0 Å². The third-order valence-electron chi connectivity index (χ3n) is 4.75. The molecule has 0 atom stereocenters. The van der Waals surface area contributed by atoms with Crippen molar-refractivity contribution in [3.63, 3.8) is 0 Å². The van der Waals surface area contributed by atoms with Crippen LogP contribution in [0.25, 0.3) is 21.8 Å². The second-order valence-corrected chi connectivity index (χ2v) is 6.40. The molecule has 5 rings (SSSR count). The first-order chi connectivity index (χ1) is 12.7. The molecule has 1 aliphatic heterocycles. The van der Waals surface area contributed by atoms with E-state index in [2.05, 4.69) is 33.9 Å². The summed E-state index contributed by atoms with van der Waals surface area (Å²) in [4.78, 5) is 17.0. The maximum absolute atomic E-state index is 12.2. The van der Waals surface area contributed by atoms with Crippen LogP contribution in [0.1, 0.15) is 12.5 Å². The minimum atomic E-state index is -0.154. The van der Waals surface area contributed by atoms with Crippen molar-refractivity contribution in [3.8, 4) is 0 Å². The summed E-state index contributed by atoms with van der Waals surface area (Å²) in [5.74, 6) is 0.419. The summed E-state index contributed by atoms with van der Waals surface area (Å²) in [6.45, 7) is 2.09. The third-order valence-corrected chi connectivity index (χ3v) is 4.75. The highest BCUT2D eigenvalue weighted by atomic mass is 16.2. The predicted molar refractivity (Wildman–Crippen MR) is 103 cm³/mol. The lowest BCUT2D eigenvalue weighted by Crippen LogP contribution is -2.33. The molecule has 0 bridgehead atoms. The molecule has 0 N–H and O–H groups in total. The van der Waals surface area contributed by atoms with Crippen LogP contribution in [-0.4, -0.2) is 21.2 Å². The van der Waals surface area contributed by atoms with Crippen LogP contribution in [0, 0.1) is 0 Å². The van der Waals surface area contributed by atoms with Gasteiger partial charge in [0.05, 0.1) is 23.3 Å². The molecular formula is C21H16N4O. The molecule has 0 aliphatic carbocycles. The van der Waals surface area contributed by atoms with Gasteiger partial charge in [0.15, 0.2) is 0 Å². The molecule has 0 unspecified atom stereocenters.